The number of hydrogen-bond donors (Lipinski definition) is 1. The first-order valence-electron chi connectivity index (χ1n) is 12.4. The Balaban J connectivity index is 1.26. The van der Waals surface area contributed by atoms with Crippen molar-refractivity contribution >= 4 is 29.3 Å². The lowest BCUT2D eigenvalue weighted by Crippen LogP contribution is -2.46. The lowest BCUT2D eigenvalue weighted by molar-refractivity contribution is -0.119. The molecule has 0 unspecified atom stereocenters. The van der Waals surface area contributed by atoms with Gasteiger partial charge < -0.3 is 15.0 Å². The minimum absolute atomic E-state index is 0.0769. The normalized spacial score (nSPS) is 16.6. The zero-order chi connectivity index (χ0) is 24.7. The molecule has 36 heavy (non-hydrogen) atoms. The van der Waals surface area contributed by atoms with Crippen LogP contribution in [0.25, 0.3) is 0 Å². The number of nitrogens with zero attached hydrogens (tertiary/aromatic N) is 2. The minimum atomic E-state index is -0.563. The number of carbonyl (C=O) groups excluding carboxylic acids is 2. The second-order valence-corrected chi connectivity index (χ2v) is 10.2. The summed E-state index contributed by atoms with van der Waals surface area (Å²) in [4.78, 5) is 30.8. The van der Waals surface area contributed by atoms with Crippen molar-refractivity contribution in [3.63, 3.8) is 0 Å². The zero-order valence-corrected chi connectivity index (χ0v) is 21.1. The van der Waals surface area contributed by atoms with Crippen molar-refractivity contribution in [1.82, 2.24) is 9.80 Å². The molecule has 0 spiro atoms. The molecule has 186 valence electrons. The summed E-state index contributed by atoms with van der Waals surface area (Å²) < 4.78 is 5.43. The summed E-state index contributed by atoms with van der Waals surface area (Å²) in [6.07, 6.45) is 0. The summed E-state index contributed by atoms with van der Waals surface area (Å²) in [7, 11) is 0. The summed E-state index contributed by atoms with van der Waals surface area (Å²) in [5.41, 5.74) is 4.81. The number of thioether (sulfide) groups is 1. The molecule has 1 saturated heterocycles. The standard InChI is InChI=1S/C29H31N3O3S/c33-28(30-25-12-10-22(11-13-25)18-31-14-16-35-17-15-31)27(21-36-20-23-6-2-1-3-7-23)32-19-24-8-4-5-9-26(24)29(32)34/h1-13,27H,14-21H2,(H,30,33)/t27-/m0/s1. The van der Waals surface area contributed by atoms with E-state index in [-0.39, 0.29) is 11.8 Å². The van der Waals surface area contributed by atoms with Crippen LogP contribution in [-0.4, -0.2) is 59.7 Å². The monoisotopic (exact) mass is 501 g/mol. The smallest absolute Gasteiger partial charge is 0.255 e. The molecule has 1 N–H and O–H groups in total. The molecular weight excluding hydrogens is 470 g/mol. The number of fused-ring (bicyclic) bond motifs is 1. The van der Waals surface area contributed by atoms with Gasteiger partial charge in [-0.3, -0.25) is 14.5 Å². The van der Waals surface area contributed by atoms with E-state index in [9.17, 15) is 9.59 Å². The average molecular weight is 502 g/mol. The van der Waals surface area contributed by atoms with Crippen molar-refractivity contribution in [3.05, 3.63) is 101 Å². The fourth-order valence-electron chi connectivity index (χ4n) is 4.63. The van der Waals surface area contributed by atoms with Crippen molar-refractivity contribution in [2.45, 2.75) is 24.9 Å². The van der Waals surface area contributed by atoms with Gasteiger partial charge in [-0.05, 0) is 34.9 Å². The zero-order valence-electron chi connectivity index (χ0n) is 20.3. The summed E-state index contributed by atoms with van der Waals surface area (Å²) in [5.74, 6) is 1.08. The maximum Gasteiger partial charge on any atom is 0.255 e. The van der Waals surface area contributed by atoms with E-state index in [0.29, 0.717) is 17.9 Å². The Morgan fingerprint density at radius 3 is 2.39 bits per heavy atom. The van der Waals surface area contributed by atoms with Crippen molar-refractivity contribution in [3.8, 4) is 0 Å². The highest BCUT2D eigenvalue weighted by atomic mass is 32.2. The molecule has 0 bridgehead atoms. The SMILES string of the molecule is O=C(Nc1ccc(CN2CCOCC2)cc1)[C@H](CSCc1ccccc1)N1Cc2ccccc2C1=O. The van der Waals surface area contributed by atoms with Gasteiger partial charge in [-0.25, -0.2) is 0 Å². The molecule has 0 aromatic heterocycles. The predicted molar refractivity (Wildman–Crippen MR) is 144 cm³/mol. The molecule has 6 nitrogen and oxygen atoms in total. The van der Waals surface area contributed by atoms with E-state index in [2.05, 4.69) is 34.5 Å². The fraction of sp³-hybridized carbons (Fsp3) is 0.310. The number of benzene rings is 3. The number of ether oxygens (including phenoxy) is 1. The van der Waals surface area contributed by atoms with Crippen LogP contribution in [-0.2, 0) is 28.4 Å². The number of morpholine rings is 1. The largest absolute Gasteiger partial charge is 0.379 e. The third kappa shape index (κ3) is 5.98. The van der Waals surface area contributed by atoms with Crippen molar-refractivity contribution in [1.29, 1.82) is 0 Å². The predicted octanol–water partition coefficient (Wildman–Crippen LogP) is 4.42. The van der Waals surface area contributed by atoms with Gasteiger partial charge in [-0.15, -0.1) is 0 Å². The Hall–Kier alpha value is -3.13. The quantitative estimate of drug-likeness (QED) is 0.471. The molecule has 2 aliphatic heterocycles. The molecule has 0 radical (unpaired) electrons. The molecule has 5 rings (SSSR count). The molecule has 7 heteroatoms. The Kier molecular flexibility index (Phi) is 8.01. The van der Waals surface area contributed by atoms with E-state index >= 15 is 0 Å². The maximum atomic E-state index is 13.5. The first-order valence-corrected chi connectivity index (χ1v) is 13.5. The topological polar surface area (TPSA) is 61.9 Å². The number of amides is 2. The van der Waals surface area contributed by atoms with Crippen LogP contribution in [0.2, 0.25) is 0 Å². The first-order chi connectivity index (χ1) is 17.7. The Labute approximate surface area is 216 Å². The Morgan fingerprint density at radius 2 is 1.64 bits per heavy atom. The van der Waals surface area contributed by atoms with Crippen LogP contribution < -0.4 is 5.32 Å². The molecule has 0 saturated carbocycles. The molecule has 2 amide bonds. The lowest BCUT2D eigenvalue weighted by Gasteiger charge is -2.27. The van der Waals surface area contributed by atoms with Crippen molar-refractivity contribution in [2.75, 3.05) is 37.4 Å². The average Bonchev–Trinajstić information content (AvgIpc) is 3.25. The molecule has 1 fully saturated rings. The van der Waals surface area contributed by atoms with E-state index in [1.165, 1.54) is 11.1 Å². The van der Waals surface area contributed by atoms with Crippen LogP contribution in [0.15, 0.2) is 78.9 Å². The van der Waals surface area contributed by atoms with Crippen LogP contribution in [0.5, 0.6) is 0 Å². The molecule has 1 atom stereocenters. The van der Waals surface area contributed by atoms with Crippen LogP contribution in [0, 0.1) is 0 Å². The van der Waals surface area contributed by atoms with E-state index < -0.39 is 6.04 Å². The van der Waals surface area contributed by atoms with Gasteiger partial charge in [0.2, 0.25) is 5.91 Å². The van der Waals surface area contributed by atoms with E-state index in [1.807, 2.05) is 54.6 Å². The highest BCUT2D eigenvalue weighted by Gasteiger charge is 2.36. The van der Waals surface area contributed by atoms with Crippen molar-refractivity contribution < 1.29 is 14.3 Å². The van der Waals surface area contributed by atoms with E-state index in [0.717, 1.165) is 49.9 Å². The number of hydrogen-bond acceptors (Lipinski definition) is 5. The summed E-state index contributed by atoms with van der Waals surface area (Å²) in [6, 6.07) is 25.3. The number of anilines is 1. The molecular formula is C29H31N3O3S. The van der Waals surface area contributed by atoms with Gasteiger partial charge in [0, 0.05) is 48.9 Å². The number of rotatable bonds is 9. The summed E-state index contributed by atoms with van der Waals surface area (Å²) >= 11 is 1.67. The number of carbonyl (C=O) groups is 2. The van der Waals surface area contributed by atoms with Gasteiger partial charge >= 0.3 is 0 Å². The Bertz CT molecular complexity index is 1180. The fourth-order valence-corrected chi connectivity index (χ4v) is 5.74. The molecule has 3 aromatic carbocycles. The van der Waals surface area contributed by atoms with E-state index in [1.54, 1.807) is 16.7 Å². The first kappa shape index (κ1) is 24.6. The number of nitrogens with one attached hydrogen (secondary N) is 1. The highest BCUT2D eigenvalue weighted by Crippen LogP contribution is 2.27. The van der Waals surface area contributed by atoms with Gasteiger partial charge in [0.15, 0.2) is 0 Å². The lowest BCUT2D eigenvalue weighted by atomic mass is 10.1. The third-order valence-corrected chi connectivity index (χ3v) is 7.74. The van der Waals surface area contributed by atoms with Crippen LogP contribution in [0.3, 0.4) is 0 Å². The van der Waals surface area contributed by atoms with Crippen LogP contribution >= 0.6 is 11.8 Å². The van der Waals surface area contributed by atoms with Gasteiger partial charge in [0.1, 0.15) is 6.04 Å². The molecule has 2 heterocycles. The highest BCUT2D eigenvalue weighted by molar-refractivity contribution is 7.98. The van der Waals surface area contributed by atoms with Crippen LogP contribution in [0.1, 0.15) is 27.0 Å². The van der Waals surface area contributed by atoms with Crippen molar-refractivity contribution in [2.24, 2.45) is 0 Å². The third-order valence-electron chi connectivity index (χ3n) is 6.65. The Morgan fingerprint density at radius 1 is 0.917 bits per heavy atom. The molecule has 0 aliphatic carbocycles. The van der Waals surface area contributed by atoms with Crippen LogP contribution in [0.4, 0.5) is 5.69 Å². The van der Waals surface area contributed by atoms with Gasteiger partial charge in [0.25, 0.3) is 5.91 Å². The second kappa shape index (κ2) is 11.7. The minimum Gasteiger partial charge on any atom is -0.379 e. The molecule has 3 aromatic rings. The second-order valence-electron chi connectivity index (χ2n) is 9.18. The maximum absolute atomic E-state index is 13.5. The van der Waals surface area contributed by atoms with E-state index in [4.69, 9.17) is 4.74 Å². The van der Waals surface area contributed by atoms with Gasteiger partial charge in [-0.2, -0.15) is 11.8 Å². The molecule has 2 aliphatic rings. The summed E-state index contributed by atoms with van der Waals surface area (Å²) in [6.45, 7) is 4.75. The van der Waals surface area contributed by atoms with Gasteiger partial charge in [-0.1, -0.05) is 60.7 Å². The van der Waals surface area contributed by atoms with Gasteiger partial charge in [0.05, 0.1) is 13.2 Å². The summed E-state index contributed by atoms with van der Waals surface area (Å²) in [5, 5.41) is 3.07.